The largest absolute Gasteiger partial charge is 0.341 e. The Kier molecular flexibility index (Phi) is 3.18. The van der Waals surface area contributed by atoms with Crippen molar-refractivity contribution in [3.63, 3.8) is 0 Å². The van der Waals surface area contributed by atoms with E-state index < -0.39 is 0 Å². The summed E-state index contributed by atoms with van der Waals surface area (Å²) in [7, 11) is 0. The van der Waals surface area contributed by atoms with Gasteiger partial charge in [-0.2, -0.15) is 0 Å². The van der Waals surface area contributed by atoms with Crippen LogP contribution in [0.1, 0.15) is 19.8 Å². The molecule has 4 nitrogen and oxygen atoms in total. The van der Waals surface area contributed by atoms with E-state index in [1.54, 1.807) is 11.3 Å². The molecule has 1 aliphatic rings. The molecule has 1 saturated heterocycles. The van der Waals surface area contributed by atoms with Gasteiger partial charge in [0.1, 0.15) is 4.83 Å². The quantitative estimate of drug-likeness (QED) is 0.902. The Hall–Kier alpha value is -1.20. The SMILES string of the molecule is CC(N)C1CCN(c2ncc3ccsc3n2)CC1. The molecule has 3 rings (SSSR count). The van der Waals surface area contributed by atoms with Crippen molar-refractivity contribution in [1.29, 1.82) is 0 Å². The normalized spacial score (nSPS) is 19.3. The standard InChI is InChI=1S/C13H18N4S/c1-9(14)10-2-5-17(6-3-10)13-15-8-11-4-7-18-12(11)16-13/h4,7-10H,2-3,5-6,14H2,1H3. The summed E-state index contributed by atoms with van der Waals surface area (Å²) in [5, 5.41) is 3.19. The molecule has 0 aromatic carbocycles. The number of rotatable bonds is 2. The number of aromatic nitrogens is 2. The molecule has 2 aromatic heterocycles. The zero-order valence-corrected chi connectivity index (χ0v) is 11.4. The summed E-state index contributed by atoms with van der Waals surface area (Å²) in [6, 6.07) is 2.36. The highest BCUT2D eigenvalue weighted by atomic mass is 32.1. The van der Waals surface area contributed by atoms with Crippen LogP contribution in [0.2, 0.25) is 0 Å². The maximum Gasteiger partial charge on any atom is 0.226 e. The van der Waals surface area contributed by atoms with E-state index in [0.717, 1.165) is 42.1 Å². The zero-order valence-electron chi connectivity index (χ0n) is 10.5. The first-order chi connectivity index (χ1) is 8.74. The van der Waals surface area contributed by atoms with E-state index in [9.17, 15) is 0 Å². The highest BCUT2D eigenvalue weighted by Crippen LogP contribution is 2.25. The van der Waals surface area contributed by atoms with Gasteiger partial charge < -0.3 is 10.6 Å². The summed E-state index contributed by atoms with van der Waals surface area (Å²) < 4.78 is 0. The second-order valence-electron chi connectivity index (χ2n) is 5.03. The number of piperidine rings is 1. The zero-order chi connectivity index (χ0) is 12.5. The Morgan fingerprint density at radius 1 is 1.44 bits per heavy atom. The Balaban J connectivity index is 1.75. The van der Waals surface area contributed by atoms with Crippen molar-refractivity contribution < 1.29 is 0 Å². The molecular formula is C13H18N4S. The molecular weight excluding hydrogens is 244 g/mol. The van der Waals surface area contributed by atoms with Gasteiger partial charge in [-0.25, -0.2) is 9.97 Å². The van der Waals surface area contributed by atoms with Crippen LogP contribution in [-0.2, 0) is 0 Å². The molecule has 1 unspecified atom stereocenters. The van der Waals surface area contributed by atoms with Crippen LogP contribution in [0.25, 0.3) is 10.2 Å². The van der Waals surface area contributed by atoms with E-state index in [2.05, 4.69) is 33.2 Å². The maximum absolute atomic E-state index is 5.96. The smallest absolute Gasteiger partial charge is 0.226 e. The van der Waals surface area contributed by atoms with Gasteiger partial charge in [0.05, 0.1) is 0 Å². The third-order valence-electron chi connectivity index (χ3n) is 3.76. The molecule has 0 saturated carbocycles. The van der Waals surface area contributed by atoms with Gasteiger partial charge in [-0.1, -0.05) is 0 Å². The van der Waals surface area contributed by atoms with E-state index >= 15 is 0 Å². The lowest BCUT2D eigenvalue weighted by Crippen LogP contribution is -2.40. The fourth-order valence-electron chi connectivity index (χ4n) is 2.52. The van der Waals surface area contributed by atoms with Crippen molar-refractivity contribution in [2.24, 2.45) is 11.7 Å². The minimum atomic E-state index is 0.299. The van der Waals surface area contributed by atoms with Crippen LogP contribution in [0.3, 0.4) is 0 Å². The van der Waals surface area contributed by atoms with Crippen LogP contribution >= 0.6 is 11.3 Å². The molecule has 0 amide bonds. The van der Waals surface area contributed by atoms with Gasteiger partial charge in [0.2, 0.25) is 5.95 Å². The van der Waals surface area contributed by atoms with E-state index in [0.29, 0.717) is 12.0 Å². The summed E-state index contributed by atoms with van der Waals surface area (Å²) in [6.07, 6.45) is 4.21. The summed E-state index contributed by atoms with van der Waals surface area (Å²) in [4.78, 5) is 12.4. The van der Waals surface area contributed by atoms with Crippen LogP contribution in [0, 0.1) is 5.92 Å². The molecule has 2 aromatic rings. The average Bonchev–Trinajstić information content (AvgIpc) is 2.86. The Bertz CT molecular complexity index is 529. The number of anilines is 1. The molecule has 0 bridgehead atoms. The lowest BCUT2D eigenvalue weighted by atomic mass is 9.91. The number of hydrogen-bond donors (Lipinski definition) is 1. The fourth-order valence-corrected chi connectivity index (χ4v) is 3.26. The molecule has 96 valence electrons. The predicted octanol–water partition coefficient (Wildman–Crippen LogP) is 2.25. The van der Waals surface area contributed by atoms with Gasteiger partial charge in [0.15, 0.2) is 0 Å². The predicted molar refractivity (Wildman–Crippen MR) is 76.0 cm³/mol. The van der Waals surface area contributed by atoms with E-state index in [-0.39, 0.29) is 0 Å². The molecule has 1 aliphatic heterocycles. The molecule has 5 heteroatoms. The van der Waals surface area contributed by atoms with Crippen LogP contribution < -0.4 is 10.6 Å². The molecule has 18 heavy (non-hydrogen) atoms. The Morgan fingerprint density at radius 2 is 2.22 bits per heavy atom. The van der Waals surface area contributed by atoms with Crippen molar-refractivity contribution in [2.45, 2.75) is 25.8 Å². The van der Waals surface area contributed by atoms with Crippen molar-refractivity contribution >= 4 is 27.5 Å². The molecule has 0 aliphatic carbocycles. The van der Waals surface area contributed by atoms with Gasteiger partial charge in [-0.3, -0.25) is 0 Å². The van der Waals surface area contributed by atoms with Crippen molar-refractivity contribution in [2.75, 3.05) is 18.0 Å². The van der Waals surface area contributed by atoms with E-state index in [1.807, 2.05) is 6.20 Å². The highest BCUT2D eigenvalue weighted by molar-refractivity contribution is 7.16. The lowest BCUT2D eigenvalue weighted by Gasteiger charge is -2.33. The number of thiophene rings is 1. The molecule has 0 radical (unpaired) electrons. The minimum Gasteiger partial charge on any atom is -0.341 e. The van der Waals surface area contributed by atoms with Crippen LogP contribution in [0.15, 0.2) is 17.6 Å². The van der Waals surface area contributed by atoms with Crippen molar-refractivity contribution in [3.05, 3.63) is 17.6 Å². The first kappa shape index (κ1) is 11.9. The maximum atomic E-state index is 5.96. The fraction of sp³-hybridized carbons (Fsp3) is 0.538. The Labute approximate surface area is 111 Å². The Morgan fingerprint density at radius 3 is 2.94 bits per heavy atom. The highest BCUT2D eigenvalue weighted by Gasteiger charge is 2.23. The monoisotopic (exact) mass is 262 g/mol. The topological polar surface area (TPSA) is 55.0 Å². The van der Waals surface area contributed by atoms with Gasteiger partial charge in [0, 0.05) is 30.7 Å². The van der Waals surface area contributed by atoms with Gasteiger partial charge >= 0.3 is 0 Å². The number of hydrogen-bond acceptors (Lipinski definition) is 5. The number of nitrogens with two attached hydrogens (primary N) is 1. The minimum absolute atomic E-state index is 0.299. The van der Waals surface area contributed by atoms with Crippen LogP contribution in [0.4, 0.5) is 5.95 Å². The number of nitrogens with zero attached hydrogens (tertiary/aromatic N) is 3. The molecule has 1 fully saturated rings. The third-order valence-corrected chi connectivity index (χ3v) is 4.58. The molecule has 0 spiro atoms. The van der Waals surface area contributed by atoms with Gasteiger partial charge in [0.25, 0.3) is 0 Å². The lowest BCUT2D eigenvalue weighted by molar-refractivity contribution is 0.352. The second-order valence-corrected chi connectivity index (χ2v) is 5.93. The molecule has 2 N–H and O–H groups in total. The van der Waals surface area contributed by atoms with Gasteiger partial charge in [-0.05, 0) is 37.1 Å². The third kappa shape index (κ3) is 2.20. The average molecular weight is 262 g/mol. The van der Waals surface area contributed by atoms with Crippen molar-refractivity contribution in [1.82, 2.24) is 9.97 Å². The summed E-state index contributed by atoms with van der Waals surface area (Å²) in [5.41, 5.74) is 5.96. The molecule has 3 heterocycles. The number of fused-ring (bicyclic) bond motifs is 1. The van der Waals surface area contributed by atoms with Crippen LogP contribution in [0.5, 0.6) is 0 Å². The first-order valence-electron chi connectivity index (χ1n) is 6.45. The van der Waals surface area contributed by atoms with Crippen LogP contribution in [-0.4, -0.2) is 29.1 Å². The summed E-state index contributed by atoms with van der Waals surface area (Å²) >= 11 is 1.67. The van der Waals surface area contributed by atoms with E-state index in [1.165, 1.54) is 0 Å². The molecule has 1 atom stereocenters. The second kappa shape index (κ2) is 4.82. The first-order valence-corrected chi connectivity index (χ1v) is 7.33. The summed E-state index contributed by atoms with van der Waals surface area (Å²) in [6.45, 7) is 4.14. The van der Waals surface area contributed by atoms with Gasteiger partial charge in [-0.15, -0.1) is 11.3 Å². The van der Waals surface area contributed by atoms with Crippen molar-refractivity contribution in [3.8, 4) is 0 Å². The summed E-state index contributed by atoms with van der Waals surface area (Å²) in [5.74, 6) is 1.51. The van der Waals surface area contributed by atoms with E-state index in [4.69, 9.17) is 5.73 Å².